The summed E-state index contributed by atoms with van der Waals surface area (Å²) in [7, 11) is 0. The molecular formula is C9H11F3N2O2. The van der Waals surface area contributed by atoms with Crippen LogP contribution in [-0.4, -0.2) is 42.0 Å². The molecule has 3 atom stereocenters. The fourth-order valence-electron chi connectivity index (χ4n) is 2.42. The number of carbonyl (C=O) groups excluding carboxylic acids is 2. The van der Waals surface area contributed by atoms with Crippen LogP contribution in [0.2, 0.25) is 0 Å². The molecule has 2 heterocycles. The zero-order chi connectivity index (χ0) is 12.1. The first kappa shape index (κ1) is 11.4. The molecule has 0 bridgehead atoms. The summed E-state index contributed by atoms with van der Waals surface area (Å²) >= 11 is 0. The Balaban J connectivity index is 2.29. The van der Waals surface area contributed by atoms with E-state index in [-0.39, 0.29) is 13.1 Å². The maximum atomic E-state index is 12.6. The molecule has 7 heteroatoms. The SMILES string of the molecule is CCN1C(=O)[C@@H]2[C@H](C(F)(F)F)NC[C@H]2C1=O. The Morgan fingerprint density at radius 1 is 1.38 bits per heavy atom. The number of amides is 2. The molecule has 0 aromatic carbocycles. The van der Waals surface area contributed by atoms with Crippen LogP contribution in [0, 0.1) is 11.8 Å². The van der Waals surface area contributed by atoms with Crippen molar-refractivity contribution in [2.24, 2.45) is 11.8 Å². The van der Waals surface area contributed by atoms with E-state index in [1.807, 2.05) is 0 Å². The first-order chi connectivity index (χ1) is 7.38. The molecule has 2 aliphatic rings. The van der Waals surface area contributed by atoms with Gasteiger partial charge in [0.05, 0.1) is 11.8 Å². The van der Waals surface area contributed by atoms with E-state index in [2.05, 4.69) is 5.32 Å². The first-order valence-electron chi connectivity index (χ1n) is 5.03. The van der Waals surface area contributed by atoms with Crippen molar-refractivity contribution in [1.82, 2.24) is 10.2 Å². The minimum atomic E-state index is -4.49. The van der Waals surface area contributed by atoms with Crippen molar-refractivity contribution in [3.63, 3.8) is 0 Å². The summed E-state index contributed by atoms with van der Waals surface area (Å²) in [6, 6.07) is -1.88. The number of nitrogens with zero attached hydrogens (tertiary/aromatic N) is 1. The number of carbonyl (C=O) groups is 2. The number of hydrogen-bond donors (Lipinski definition) is 1. The Morgan fingerprint density at radius 3 is 2.50 bits per heavy atom. The van der Waals surface area contributed by atoms with Crippen LogP contribution in [0.3, 0.4) is 0 Å². The summed E-state index contributed by atoms with van der Waals surface area (Å²) in [5.41, 5.74) is 0. The van der Waals surface area contributed by atoms with Gasteiger partial charge in [-0.1, -0.05) is 0 Å². The molecule has 4 nitrogen and oxygen atoms in total. The number of alkyl halides is 3. The molecule has 1 N–H and O–H groups in total. The van der Waals surface area contributed by atoms with E-state index in [1.54, 1.807) is 6.92 Å². The normalized spacial score (nSPS) is 34.8. The van der Waals surface area contributed by atoms with Gasteiger partial charge in [-0.25, -0.2) is 0 Å². The Labute approximate surface area is 89.8 Å². The van der Waals surface area contributed by atoms with Crippen molar-refractivity contribution in [3.05, 3.63) is 0 Å². The molecule has 2 rings (SSSR count). The predicted molar refractivity (Wildman–Crippen MR) is 47.2 cm³/mol. The summed E-state index contributed by atoms with van der Waals surface area (Å²) < 4.78 is 37.8. The lowest BCUT2D eigenvalue weighted by Gasteiger charge is -2.20. The third-order valence-electron chi connectivity index (χ3n) is 3.15. The molecule has 0 radical (unpaired) electrons. The third-order valence-corrected chi connectivity index (χ3v) is 3.15. The third kappa shape index (κ3) is 1.41. The van der Waals surface area contributed by atoms with Crippen molar-refractivity contribution < 1.29 is 22.8 Å². The van der Waals surface area contributed by atoms with Crippen LogP contribution < -0.4 is 5.32 Å². The molecule has 0 aromatic rings. The number of likely N-dealkylation sites (tertiary alicyclic amines) is 1. The quantitative estimate of drug-likeness (QED) is 0.659. The highest BCUT2D eigenvalue weighted by molar-refractivity contribution is 6.06. The molecule has 0 unspecified atom stereocenters. The van der Waals surface area contributed by atoms with Crippen LogP contribution in [0.15, 0.2) is 0 Å². The van der Waals surface area contributed by atoms with Crippen LogP contribution in [0.25, 0.3) is 0 Å². The second-order valence-corrected chi connectivity index (χ2v) is 3.98. The van der Waals surface area contributed by atoms with Gasteiger partial charge in [0.15, 0.2) is 0 Å². The van der Waals surface area contributed by atoms with E-state index in [0.717, 1.165) is 4.90 Å². The zero-order valence-corrected chi connectivity index (χ0v) is 8.54. The van der Waals surface area contributed by atoms with Gasteiger partial charge in [-0.15, -0.1) is 0 Å². The fourth-order valence-corrected chi connectivity index (χ4v) is 2.42. The second-order valence-electron chi connectivity index (χ2n) is 3.98. The van der Waals surface area contributed by atoms with Crippen molar-refractivity contribution in [1.29, 1.82) is 0 Å². The average molecular weight is 236 g/mol. The highest BCUT2D eigenvalue weighted by Crippen LogP contribution is 2.39. The molecular weight excluding hydrogens is 225 g/mol. The first-order valence-corrected chi connectivity index (χ1v) is 5.03. The van der Waals surface area contributed by atoms with Gasteiger partial charge in [-0.05, 0) is 6.92 Å². The Bertz CT molecular complexity index is 342. The van der Waals surface area contributed by atoms with Crippen LogP contribution >= 0.6 is 0 Å². The Morgan fingerprint density at radius 2 is 2.00 bits per heavy atom. The molecule has 0 aliphatic carbocycles. The maximum Gasteiger partial charge on any atom is 0.404 e. The Hall–Kier alpha value is -1.11. The van der Waals surface area contributed by atoms with Crippen molar-refractivity contribution in [3.8, 4) is 0 Å². The molecule has 2 amide bonds. The number of nitrogens with one attached hydrogen (secondary N) is 1. The zero-order valence-electron chi connectivity index (χ0n) is 8.54. The highest BCUT2D eigenvalue weighted by Gasteiger charge is 2.61. The summed E-state index contributed by atoms with van der Waals surface area (Å²) in [4.78, 5) is 24.2. The van der Waals surface area contributed by atoms with Gasteiger partial charge in [0.1, 0.15) is 6.04 Å². The Kier molecular flexibility index (Phi) is 2.45. The number of halogens is 3. The van der Waals surface area contributed by atoms with Gasteiger partial charge in [0.2, 0.25) is 11.8 Å². The molecule has 2 aliphatic heterocycles. The molecule has 2 fully saturated rings. The minimum absolute atomic E-state index is 0.0735. The van der Waals surface area contributed by atoms with Gasteiger partial charge in [-0.2, -0.15) is 13.2 Å². The lowest BCUT2D eigenvalue weighted by Crippen LogP contribution is -2.46. The summed E-state index contributed by atoms with van der Waals surface area (Å²) in [6.45, 7) is 1.64. The molecule has 0 aromatic heterocycles. The minimum Gasteiger partial charge on any atom is -0.305 e. The fraction of sp³-hybridized carbons (Fsp3) is 0.778. The molecule has 0 saturated carbocycles. The molecule has 2 saturated heterocycles. The maximum absolute atomic E-state index is 12.6. The number of fused-ring (bicyclic) bond motifs is 1. The summed E-state index contributed by atoms with van der Waals surface area (Å²) in [5, 5.41) is 2.21. The van der Waals surface area contributed by atoms with Crippen LogP contribution in [0.5, 0.6) is 0 Å². The van der Waals surface area contributed by atoms with Gasteiger partial charge in [0, 0.05) is 13.1 Å². The van der Waals surface area contributed by atoms with E-state index < -0.39 is 35.9 Å². The van der Waals surface area contributed by atoms with Gasteiger partial charge in [-0.3, -0.25) is 14.5 Å². The molecule has 90 valence electrons. The van der Waals surface area contributed by atoms with E-state index >= 15 is 0 Å². The van der Waals surface area contributed by atoms with Gasteiger partial charge >= 0.3 is 6.18 Å². The van der Waals surface area contributed by atoms with Crippen LogP contribution in [-0.2, 0) is 9.59 Å². The summed E-state index contributed by atoms with van der Waals surface area (Å²) in [6.07, 6.45) is -4.49. The highest BCUT2D eigenvalue weighted by atomic mass is 19.4. The number of rotatable bonds is 1. The average Bonchev–Trinajstić information content (AvgIpc) is 2.68. The van der Waals surface area contributed by atoms with Gasteiger partial charge in [0.25, 0.3) is 0 Å². The van der Waals surface area contributed by atoms with Gasteiger partial charge < -0.3 is 5.32 Å². The van der Waals surface area contributed by atoms with E-state index in [9.17, 15) is 22.8 Å². The molecule has 16 heavy (non-hydrogen) atoms. The van der Waals surface area contributed by atoms with Crippen LogP contribution in [0.1, 0.15) is 6.92 Å². The predicted octanol–water partition coefficient (Wildman–Crippen LogP) is 0.142. The van der Waals surface area contributed by atoms with E-state index in [4.69, 9.17) is 0 Å². The van der Waals surface area contributed by atoms with Crippen molar-refractivity contribution in [2.75, 3.05) is 13.1 Å². The number of imide groups is 1. The van der Waals surface area contributed by atoms with Crippen LogP contribution in [0.4, 0.5) is 13.2 Å². The largest absolute Gasteiger partial charge is 0.404 e. The van der Waals surface area contributed by atoms with Crippen molar-refractivity contribution in [2.45, 2.75) is 19.1 Å². The smallest absolute Gasteiger partial charge is 0.305 e. The summed E-state index contributed by atoms with van der Waals surface area (Å²) in [5.74, 6) is -3.31. The second kappa shape index (κ2) is 3.44. The topological polar surface area (TPSA) is 49.4 Å². The van der Waals surface area contributed by atoms with E-state index in [0.29, 0.717) is 0 Å². The van der Waals surface area contributed by atoms with E-state index in [1.165, 1.54) is 0 Å². The number of hydrogen-bond acceptors (Lipinski definition) is 3. The van der Waals surface area contributed by atoms with Crippen molar-refractivity contribution >= 4 is 11.8 Å². The standard InChI is InChI=1S/C9H11F3N2O2/c1-2-14-7(15)4-3-13-6(9(10,11)12)5(4)8(14)16/h4-6,13H,2-3H2,1H3/t4-,5+,6-/m1/s1. The lowest BCUT2D eigenvalue weighted by atomic mass is 9.93. The molecule has 0 spiro atoms. The lowest BCUT2D eigenvalue weighted by molar-refractivity contribution is -0.168. The monoisotopic (exact) mass is 236 g/mol.